The van der Waals surface area contributed by atoms with Crippen LogP contribution in [0.1, 0.15) is 83.1 Å². The number of aldehydes is 1. The van der Waals surface area contributed by atoms with Crippen molar-refractivity contribution >= 4 is 22.2 Å². The minimum Gasteiger partial charge on any atom is -0.303 e. The maximum absolute atomic E-state index is 11.4. The van der Waals surface area contributed by atoms with Crippen LogP contribution >= 0.6 is 0 Å². The Kier molecular flexibility index (Phi) is 14.6. The van der Waals surface area contributed by atoms with Gasteiger partial charge in [-0.3, -0.25) is 9.35 Å². The molecule has 0 aliphatic rings. The average Bonchev–Trinajstić information content (AvgIpc) is 2.61. The number of carbonyl (C=O) groups is 2. The smallest absolute Gasteiger partial charge is 0.294 e. The van der Waals surface area contributed by atoms with E-state index in [0.717, 1.165) is 63.2 Å². The highest BCUT2D eigenvalue weighted by molar-refractivity contribution is 7.85. The maximum Gasteiger partial charge on any atom is 0.294 e. The lowest BCUT2D eigenvalue weighted by Gasteiger charge is -2.01. The zero-order chi connectivity index (χ0) is 20.5. The maximum atomic E-state index is 11.4. The van der Waals surface area contributed by atoms with Crippen LogP contribution in [0.2, 0.25) is 0 Å². The lowest BCUT2D eigenvalue weighted by Crippen LogP contribution is -1.97. The van der Waals surface area contributed by atoms with E-state index in [1.807, 2.05) is 6.92 Å². The first-order chi connectivity index (χ1) is 12.8. The van der Waals surface area contributed by atoms with E-state index in [1.54, 1.807) is 12.1 Å². The first-order valence-corrected chi connectivity index (χ1v) is 11.2. The van der Waals surface area contributed by atoms with E-state index in [2.05, 4.69) is 6.92 Å². The molecule has 0 aliphatic heterocycles. The highest BCUT2D eigenvalue weighted by atomic mass is 32.2. The third-order valence-corrected chi connectivity index (χ3v) is 5.02. The fraction of sp³-hybridized carbons (Fsp3) is 0.619. The molecule has 0 radical (unpaired) electrons. The Morgan fingerprint density at radius 2 is 1.44 bits per heavy atom. The second-order valence-corrected chi connectivity index (χ2v) is 8.18. The normalized spacial score (nSPS) is 10.8. The zero-order valence-corrected chi connectivity index (χ0v) is 17.5. The molecule has 0 atom stereocenters. The van der Waals surface area contributed by atoms with Crippen LogP contribution in [0.3, 0.4) is 0 Å². The van der Waals surface area contributed by atoms with Crippen LogP contribution in [0.25, 0.3) is 0 Å². The van der Waals surface area contributed by atoms with Crippen LogP contribution in [0.4, 0.5) is 0 Å². The van der Waals surface area contributed by atoms with Crippen molar-refractivity contribution in [2.75, 3.05) is 0 Å². The standard InChI is InChI=1S/C14H26O2.C7H8O3S/c1-2-3-8-11-14(16)12-9-6-4-5-7-10-13-15;1-6-2-4-7(5-3-6)11(8,9)10/h13H,2-12H2,1H3;2-5H,1H3,(H,8,9,10). The average molecular weight is 399 g/mol. The number of Topliss-reactive ketones (excluding diaryl/α,β-unsaturated/α-hetero) is 1. The first kappa shape index (κ1) is 25.5. The lowest BCUT2D eigenvalue weighted by atomic mass is 10.0. The number of benzene rings is 1. The molecule has 1 rings (SSSR count). The third-order valence-electron chi connectivity index (χ3n) is 4.16. The summed E-state index contributed by atoms with van der Waals surface area (Å²) >= 11 is 0. The minimum absolute atomic E-state index is 0.0666. The summed E-state index contributed by atoms with van der Waals surface area (Å²) in [5.41, 5.74) is 0.956. The van der Waals surface area contributed by atoms with Crippen molar-refractivity contribution in [2.24, 2.45) is 0 Å². The van der Waals surface area contributed by atoms with Crippen molar-refractivity contribution in [3.05, 3.63) is 29.8 Å². The highest BCUT2D eigenvalue weighted by Crippen LogP contribution is 2.10. The van der Waals surface area contributed by atoms with E-state index in [9.17, 15) is 18.0 Å². The van der Waals surface area contributed by atoms with E-state index in [-0.39, 0.29) is 4.90 Å². The monoisotopic (exact) mass is 398 g/mol. The number of hydrogen-bond acceptors (Lipinski definition) is 4. The fourth-order valence-corrected chi connectivity index (χ4v) is 2.97. The fourth-order valence-electron chi connectivity index (χ4n) is 2.49. The summed E-state index contributed by atoms with van der Waals surface area (Å²) < 4.78 is 29.6. The predicted octanol–water partition coefficient (Wildman–Crippen LogP) is 5.31. The van der Waals surface area contributed by atoms with Gasteiger partial charge in [0.25, 0.3) is 10.1 Å². The molecule has 1 aromatic carbocycles. The molecule has 6 heteroatoms. The summed E-state index contributed by atoms with van der Waals surface area (Å²) in [6.45, 7) is 4.00. The summed E-state index contributed by atoms with van der Waals surface area (Å²) in [7, 11) is -4.02. The second kappa shape index (κ2) is 15.5. The van der Waals surface area contributed by atoms with Crippen LogP contribution in [0.15, 0.2) is 29.2 Å². The first-order valence-electron chi connectivity index (χ1n) is 9.80. The van der Waals surface area contributed by atoms with E-state index < -0.39 is 10.1 Å². The Labute approximate surface area is 164 Å². The van der Waals surface area contributed by atoms with Crippen molar-refractivity contribution in [3.8, 4) is 0 Å². The largest absolute Gasteiger partial charge is 0.303 e. The molecule has 0 bridgehead atoms. The summed E-state index contributed by atoms with van der Waals surface area (Å²) in [4.78, 5) is 21.4. The Morgan fingerprint density at radius 1 is 0.926 bits per heavy atom. The molecule has 0 aliphatic carbocycles. The Balaban J connectivity index is 0.000000533. The van der Waals surface area contributed by atoms with Crippen LogP contribution in [-0.4, -0.2) is 25.0 Å². The van der Waals surface area contributed by atoms with Gasteiger partial charge >= 0.3 is 0 Å². The SMILES string of the molecule is CCCCCC(=O)CCCCCCCC=O.Cc1ccc(S(=O)(=O)O)cc1. The highest BCUT2D eigenvalue weighted by Gasteiger charge is 2.06. The lowest BCUT2D eigenvalue weighted by molar-refractivity contribution is -0.119. The minimum atomic E-state index is -4.02. The van der Waals surface area contributed by atoms with Crippen LogP contribution < -0.4 is 0 Å². The summed E-state index contributed by atoms with van der Waals surface area (Å²) in [5, 5.41) is 0. The molecule has 0 unspecified atom stereocenters. The molecule has 1 aromatic rings. The molecule has 154 valence electrons. The summed E-state index contributed by atoms with van der Waals surface area (Å²) in [5.74, 6) is 0.432. The summed E-state index contributed by atoms with van der Waals surface area (Å²) in [6, 6.07) is 5.99. The van der Waals surface area contributed by atoms with E-state index in [0.29, 0.717) is 12.2 Å². The molecule has 0 saturated carbocycles. The van der Waals surface area contributed by atoms with Gasteiger partial charge in [0, 0.05) is 19.3 Å². The molecule has 0 saturated heterocycles. The van der Waals surface area contributed by atoms with Crippen LogP contribution in [0, 0.1) is 6.92 Å². The number of hydrogen-bond donors (Lipinski definition) is 1. The zero-order valence-electron chi connectivity index (χ0n) is 16.7. The molecule has 1 N–H and O–H groups in total. The van der Waals surface area contributed by atoms with Gasteiger partial charge in [-0.1, -0.05) is 56.7 Å². The van der Waals surface area contributed by atoms with Gasteiger partial charge in [0.15, 0.2) is 0 Å². The Morgan fingerprint density at radius 3 is 1.96 bits per heavy atom. The molecular weight excluding hydrogens is 364 g/mol. The van der Waals surface area contributed by atoms with Gasteiger partial charge < -0.3 is 4.79 Å². The number of aryl methyl sites for hydroxylation is 1. The van der Waals surface area contributed by atoms with E-state index in [4.69, 9.17) is 4.55 Å². The van der Waals surface area contributed by atoms with Gasteiger partial charge in [0.05, 0.1) is 4.90 Å². The number of rotatable bonds is 13. The van der Waals surface area contributed by atoms with E-state index in [1.165, 1.54) is 25.0 Å². The van der Waals surface area contributed by atoms with Gasteiger partial charge in [0.1, 0.15) is 12.1 Å². The topological polar surface area (TPSA) is 88.5 Å². The molecule has 0 heterocycles. The molecule has 5 nitrogen and oxygen atoms in total. The summed E-state index contributed by atoms with van der Waals surface area (Å²) in [6.07, 6.45) is 12.1. The number of carbonyl (C=O) groups excluding carboxylic acids is 2. The number of ketones is 1. The second-order valence-electron chi connectivity index (χ2n) is 6.76. The van der Waals surface area contributed by atoms with Gasteiger partial charge in [-0.2, -0.15) is 8.42 Å². The third kappa shape index (κ3) is 15.2. The van der Waals surface area contributed by atoms with Gasteiger partial charge in [0.2, 0.25) is 0 Å². The van der Waals surface area contributed by atoms with Crippen LogP contribution in [-0.2, 0) is 19.7 Å². The van der Waals surface area contributed by atoms with Crippen molar-refractivity contribution in [1.82, 2.24) is 0 Å². The van der Waals surface area contributed by atoms with Gasteiger partial charge in [-0.15, -0.1) is 0 Å². The van der Waals surface area contributed by atoms with Crippen molar-refractivity contribution in [2.45, 2.75) is 89.4 Å². The Bertz CT molecular complexity index is 620. The molecule has 0 spiro atoms. The van der Waals surface area contributed by atoms with Crippen molar-refractivity contribution < 1.29 is 22.6 Å². The quantitative estimate of drug-likeness (QED) is 0.276. The molecule has 0 fully saturated rings. The molecule has 0 aromatic heterocycles. The van der Waals surface area contributed by atoms with Crippen molar-refractivity contribution in [1.29, 1.82) is 0 Å². The predicted molar refractivity (Wildman–Crippen MR) is 109 cm³/mol. The van der Waals surface area contributed by atoms with E-state index >= 15 is 0 Å². The van der Waals surface area contributed by atoms with Gasteiger partial charge in [-0.05, 0) is 38.3 Å². The van der Waals surface area contributed by atoms with Crippen molar-refractivity contribution in [3.63, 3.8) is 0 Å². The van der Waals surface area contributed by atoms with Gasteiger partial charge in [-0.25, -0.2) is 0 Å². The molecule has 27 heavy (non-hydrogen) atoms. The molecule has 0 amide bonds. The Hall–Kier alpha value is -1.53. The van der Waals surface area contributed by atoms with Crippen LogP contribution in [0.5, 0.6) is 0 Å². The molecular formula is C21H34O5S. The number of unbranched alkanes of at least 4 members (excludes halogenated alkanes) is 7.